The van der Waals surface area contributed by atoms with Crippen molar-refractivity contribution in [2.75, 3.05) is 21.3 Å². The number of carbonyl (C=O) groups is 1. The van der Waals surface area contributed by atoms with Gasteiger partial charge in [0.1, 0.15) is 11.9 Å². The fourth-order valence-corrected chi connectivity index (χ4v) is 3.23. The van der Waals surface area contributed by atoms with Gasteiger partial charge >= 0.3 is 5.97 Å². The standard InChI is InChI=1S/C20H22N2O4/c1-24-11-9-15-13-22(12-14-4-6-16(25-2)7-5-14)19-18(15)17(8-10-21-19)20(23)26-3/h4-11,13,18-19H,12H2,1-3H3/b11-9+. The zero-order chi connectivity index (χ0) is 18.5. The zero-order valence-electron chi connectivity index (χ0n) is 15.1. The molecular weight excluding hydrogens is 332 g/mol. The Bertz CT molecular complexity index is 778. The predicted molar refractivity (Wildman–Crippen MR) is 98.6 cm³/mol. The van der Waals surface area contributed by atoms with Gasteiger partial charge in [-0.25, -0.2) is 4.79 Å². The van der Waals surface area contributed by atoms with Crippen molar-refractivity contribution in [2.45, 2.75) is 12.7 Å². The Morgan fingerprint density at radius 1 is 1.23 bits per heavy atom. The highest BCUT2D eigenvalue weighted by molar-refractivity contribution is 5.96. The number of dihydropyridines is 1. The summed E-state index contributed by atoms with van der Waals surface area (Å²) in [6, 6.07) is 7.91. The maximum atomic E-state index is 12.2. The van der Waals surface area contributed by atoms with Gasteiger partial charge in [0, 0.05) is 19.0 Å². The number of allylic oxidation sites excluding steroid dienone is 2. The second kappa shape index (κ2) is 7.91. The Morgan fingerprint density at radius 3 is 2.65 bits per heavy atom. The van der Waals surface area contributed by atoms with Crippen LogP contribution >= 0.6 is 0 Å². The number of hydrogen-bond acceptors (Lipinski definition) is 6. The van der Waals surface area contributed by atoms with Crippen molar-refractivity contribution < 1.29 is 19.0 Å². The number of hydrogen-bond donors (Lipinski definition) is 0. The van der Waals surface area contributed by atoms with E-state index in [2.05, 4.69) is 9.89 Å². The molecule has 0 radical (unpaired) electrons. The van der Waals surface area contributed by atoms with Crippen LogP contribution in [0.3, 0.4) is 0 Å². The summed E-state index contributed by atoms with van der Waals surface area (Å²) in [5, 5.41) is 0. The maximum Gasteiger partial charge on any atom is 0.334 e. The van der Waals surface area contributed by atoms with Crippen LogP contribution in [-0.2, 0) is 20.8 Å². The van der Waals surface area contributed by atoms with E-state index in [9.17, 15) is 4.79 Å². The van der Waals surface area contributed by atoms with Crippen LogP contribution in [0.25, 0.3) is 0 Å². The van der Waals surface area contributed by atoms with Gasteiger partial charge < -0.3 is 19.1 Å². The van der Waals surface area contributed by atoms with Gasteiger partial charge in [0.2, 0.25) is 0 Å². The van der Waals surface area contributed by atoms with Crippen LogP contribution in [0.15, 0.2) is 65.0 Å². The number of benzene rings is 1. The van der Waals surface area contributed by atoms with Crippen molar-refractivity contribution in [2.24, 2.45) is 10.9 Å². The van der Waals surface area contributed by atoms with Gasteiger partial charge in [0.15, 0.2) is 0 Å². The Labute approximate surface area is 153 Å². The maximum absolute atomic E-state index is 12.2. The summed E-state index contributed by atoms with van der Waals surface area (Å²) in [7, 11) is 4.63. The van der Waals surface area contributed by atoms with E-state index in [0.29, 0.717) is 12.1 Å². The number of fused-ring (bicyclic) bond motifs is 1. The molecule has 2 heterocycles. The van der Waals surface area contributed by atoms with Crippen molar-refractivity contribution in [3.63, 3.8) is 0 Å². The molecule has 2 aliphatic heterocycles. The van der Waals surface area contributed by atoms with Gasteiger partial charge in [0.25, 0.3) is 0 Å². The lowest BCUT2D eigenvalue weighted by molar-refractivity contribution is -0.136. The first-order chi connectivity index (χ1) is 12.7. The summed E-state index contributed by atoms with van der Waals surface area (Å²) in [5.41, 5.74) is 2.68. The average molecular weight is 354 g/mol. The second-order valence-corrected chi connectivity index (χ2v) is 5.99. The molecule has 2 unspecified atom stereocenters. The van der Waals surface area contributed by atoms with Crippen LogP contribution in [0.5, 0.6) is 5.75 Å². The van der Waals surface area contributed by atoms with Crippen LogP contribution < -0.4 is 4.74 Å². The number of ether oxygens (including phenoxy) is 3. The Morgan fingerprint density at radius 2 is 2.00 bits per heavy atom. The molecule has 1 aromatic rings. The minimum absolute atomic E-state index is 0.183. The van der Waals surface area contributed by atoms with Crippen LogP contribution in [-0.4, -0.2) is 44.6 Å². The molecule has 2 aliphatic rings. The number of methoxy groups -OCH3 is 3. The van der Waals surface area contributed by atoms with E-state index in [0.717, 1.165) is 16.9 Å². The van der Waals surface area contributed by atoms with E-state index in [1.54, 1.807) is 32.8 Å². The molecule has 0 amide bonds. The van der Waals surface area contributed by atoms with Crippen LogP contribution in [0, 0.1) is 5.92 Å². The molecule has 2 atom stereocenters. The number of aliphatic imine (C=N–C) groups is 1. The number of esters is 1. The lowest BCUT2D eigenvalue weighted by atomic mass is 9.89. The fourth-order valence-electron chi connectivity index (χ4n) is 3.23. The third-order valence-corrected chi connectivity index (χ3v) is 4.48. The van der Waals surface area contributed by atoms with E-state index in [1.165, 1.54) is 7.11 Å². The highest BCUT2D eigenvalue weighted by atomic mass is 16.5. The highest BCUT2D eigenvalue weighted by Crippen LogP contribution is 2.38. The van der Waals surface area contributed by atoms with E-state index < -0.39 is 0 Å². The minimum atomic E-state index is -0.339. The molecular formula is C20H22N2O4. The molecule has 1 aromatic carbocycles. The molecule has 26 heavy (non-hydrogen) atoms. The van der Waals surface area contributed by atoms with Gasteiger partial charge in [-0.3, -0.25) is 4.99 Å². The van der Waals surface area contributed by atoms with E-state index >= 15 is 0 Å². The van der Waals surface area contributed by atoms with Crippen molar-refractivity contribution in [3.05, 3.63) is 65.6 Å². The van der Waals surface area contributed by atoms with Crippen molar-refractivity contribution in [1.82, 2.24) is 4.90 Å². The molecule has 3 rings (SSSR count). The molecule has 0 spiro atoms. The quantitative estimate of drug-likeness (QED) is 0.581. The molecule has 6 nitrogen and oxygen atoms in total. The first-order valence-electron chi connectivity index (χ1n) is 8.29. The highest BCUT2D eigenvalue weighted by Gasteiger charge is 2.40. The Balaban J connectivity index is 1.88. The topological polar surface area (TPSA) is 60.4 Å². The van der Waals surface area contributed by atoms with E-state index in [-0.39, 0.29) is 18.1 Å². The predicted octanol–water partition coefficient (Wildman–Crippen LogP) is 2.68. The molecule has 136 valence electrons. The first kappa shape index (κ1) is 17.8. The van der Waals surface area contributed by atoms with Crippen LogP contribution in [0.4, 0.5) is 0 Å². The number of nitrogens with zero attached hydrogens (tertiary/aromatic N) is 2. The SMILES string of the molecule is CO/C=C/C1=CN(Cc2ccc(OC)cc2)C2N=CC=C(C(=O)OC)C12. The van der Waals surface area contributed by atoms with Crippen molar-refractivity contribution >= 4 is 12.2 Å². The average Bonchev–Trinajstić information content (AvgIpc) is 3.04. The summed E-state index contributed by atoms with van der Waals surface area (Å²) in [6.07, 6.45) is 8.70. The molecule has 0 aromatic heterocycles. The summed E-state index contributed by atoms with van der Waals surface area (Å²) in [5.74, 6) is 0.296. The molecule has 0 bridgehead atoms. The normalized spacial score (nSPS) is 21.3. The lowest BCUT2D eigenvalue weighted by Crippen LogP contribution is -2.35. The first-order valence-corrected chi connectivity index (χ1v) is 8.29. The van der Waals surface area contributed by atoms with Crippen molar-refractivity contribution in [3.8, 4) is 5.75 Å². The summed E-state index contributed by atoms with van der Waals surface area (Å²) >= 11 is 0. The van der Waals surface area contributed by atoms with E-state index in [4.69, 9.17) is 14.2 Å². The minimum Gasteiger partial charge on any atom is -0.504 e. The molecule has 0 fully saturated rings. The van der Waals surface area contributed by atoms with Gasteiger partial charge in [-0.05, 0) is 35.4 Å². The number of carbonyl (C=O) groups excluding carboxylic acids is 1. The van der Waals surface area contributed by atoms with Gasteiger partial charge in [-0.1, -0.05) is 12.1 Å². The van der Waals surface area contributed by atoms with Crippen LogP contribution in [0.2, 0.25) is 0 Å². The van der Waals surface area contributed by atoms with Crippen LogP contribution in [0.1, 0.15) is 5.56 Å². The van der Waals surface area contributed by atoms with E-state index in [1.807, 2.05) is 36.5 Å². The molecule has 0 saturated carbocycles. The molecule has 0 aliphatic carbocycles. The smallest absolute Gasteiger partial charge is 0.334 e. The molecule has 6 heteroatoms. The second-order valence-electron chi connectivity index (χ2n) is 5.99. The van der Waals surface area contributed by atoms with Gasteiger partial charge in [0.05, 0.1) is 39.1 Å². The monoisotopic (exact) mass is 354 g/mol. The van der Waals surface area contributed by atoms with Gasteiger partial charge in [-0.2, -0.15) is 0 Å². The van der Waals surface area contributed by atoms with Crippen molar-refractivity contribution in [1.29, 1.82) is 0 Å². The zero-order valence-corrected chi connectivity index (χ0v) is 15.1. The summed E-state index contributed by atoms with van der Waals surface area (Å²) < 4.78 is 15.2. The molecule has 0 saturated heterocycles. The Kier molecular flexibility index (Phi) is 5.41. The summed E-state index contributed by atoms with van der Waals surface area (Å²) in [4.78, 5) is 18.9. The third kappa shape index (κ3) is 3.49. The molecule has 0 N–H and O–H groups in total. The summed E-state index contributed by atoms with van der Waals surface area (Å²) in [6.45, 7) is 0.668. The largest absolute Gasteiger partial charge is 0.504 e. The Hall–Kier alpha value is -3.02. The lowest BCUT2D eigenvalue weighted by Gasteiger charge is -2.29. The number of rotatable bonds is 6. The third-order valence-electron chi connectivity index (χ3n) is 4.48. The fraction of sp³-hybridized carbons (Fsp3) is 0.300. The van der Waals surface area contributed by atoms with Gasteiger partial charge in [-0.15, -0.1) is 0 Å².